The van der Waals surface area contributed by atoms with Gasteiger partial charge in [0.1, 0.15) is 5.75 Å². The number of rotatable bonds is 4. The van der Waals surface area contributed by atoms with Gasteiger partial charge in [-0.25, -0.2) is 9.78 Å². The highest BCUT2D eigenvalue weighted by atomic mass is 32.2. The first kappa shape index (κ1) is 11.8. The molecule has 0 bridgehead atoms. The van der Waals surface area contributed by atoms with Gasteiger partial charge in [0.05, 0.1) is 12.8 Å². The molecule has 0 fully saturated rings. The number of ether oxygens (including phenoxy) is 1. The zero-order chi connectivity index (χ0) is 11.3. The van der Waals surface area contributed by atoms with Crippen LogP contribution in [-0.4, -0.2) is 28.4 Å². The van der Waals surface area contributed by atoms with E-state index >= 15 is 0 Å². The van der Waals surface area contributed by atoms with Crippen LogP contribution in [0.4, 0.5) is 0 Å². The monoisotopic (exact) mass is 227 g/mol. The lowest BCUT2D eigenvalue weighted by Gasteiger charge is -2.06. The Labute approximate surface area is 92.7 Å². The first-order valence-corrected chi connectivity index (χ1v) is 5.66. The van der Waals surface area contributed by atoms with Gasteiger partial charge in [0.15, 0.2) is 5.69 Å². The zero-order valence-electron chi connectivity index (χ0n) is 8.69. The van der Waals surface area contributed by atoms with Gasteiger partial charge in [-0.05, 0) is 18.7 Å². The van der Waals surface area contributed by atoms with Gasteiger partial charge in [-0.1, -0.05) is 6.92 Å². The van der Waals surface area contributed by atoms with E-state index < -0.39 is 5.97 Å². The van der Waals surface area contributed by atoms with Crippen molar-refractivity contribution in [2.24, 2.45) is 0 Å². The van der Waals surface area contributed by atoms with Gasteiger partial charge in [-0.2, -0.15) is 0 Å². The summed E-state index contributed by atoms with van der Waals surface area (Å²) in [6.07, 6.45) is 1.24. The molecule has 0 atom stereocenters. The Balaban J connectivity index is 2.99. The summed E-state index contributed by atoms with van der Waals surface area (Å²) < 4.78 is 4.86. The Morgan fingerprint density at radius 1 is 1.60 bits per heavy atom. The topological polar surface area (TPSA) is 59.4 Å². The van der Waals surface area contributed by atoms with Crippen molar-refractivity contribution in [1.29, 1.82) is 0 Å². The van der Waals surface area contributed by atoms with E-state index in [0.717, 1.165) is 5.75 Å². The summed E-state index contributed by atoms with van der Waals surface area (Å²) in [7, 11) is 0. The van der Waals surface area contributed by atoms with Crippen molar-refractivity contribution in [3.8, 4) is 5.75 Å². The van der Waals surface area contributed by atoms with Crippen LogP contribution in [0.3, 0.4) is 0 Å². The van der Waals surface area contributed by atoms with Gasteiger partial charge >= 0.3 is 5.97 Å². The third-order valence-corrected chi connectivity index (χ3v) is 2.52. The summed E-state index contributed by atoms with van der Waals surface area (Å²) in [5.41, 5.74) is 0.265. The third-order valence-electron chi connectivity index (χ3n) is 1.61. The largest absolute Gasteiger partial charge is 0.506 e. The molecule has 0 spiro atoms. The molecule has 1 N–H and O–H groups in total. The fraction of sp³-hybridized carbons (Fsp3) is 0.400. The number of hydrogen-bond acceptors (Lipinski definition) is 5. The Morgan fingerprint density at radius 3 is 2.93 bits per heavy atom. The first-order chi connectivity index (χ1) is 7.19. The molecule has 0 aliphatic heterocycles. The van der Waals surface area contributed by atoms with Crippen LogP contribution >= 0.6 is 11.8 Å². The van der Waals surface area contributed by atoms with Crippen molar-refractivity contribution in [1.82, 2.24) is 4.98 Å². The number of pyridine rings is 1. The summed E-state index contributed by atoms with van der Waals surface area (Å²) in [5.74, 6) is 0.407. The Morgan fingerprint density at radius 2 is 2.33 bits per heavy atom. The predicted octanol–water partition coefficient (Wildman–Crippen LogP) is 2.08. The molecular weight excluding hydrogens is 214 g/mol. The second-order valence-corrected chi connectivity index (χ2v) is 4.00. The van der Waals surface area contributed by atoms with E-state index in [2.05, 4.69) is 4.98 Å². The average Bonchev–Trinajstić information content (AvgIpc) is 2.18. The number of nitrogens with zero attached hydrogens (tertiary/aromatic N) is 1. The minimum atomic E-state index is -0.451. The highest BCUT2D eigenvalue weighted by Crippen LogP contribution is 2.25. The predicted molar refractivity (Wildman–Crippen MR) is 58.3 cm³/mol. The average molecular weight is 227 g/mol. The fourth-order valence-corrected chi connectivity index (χ4v) is 1.84. The lowest BCUT2D eigenvalue weighted by molar-refractivity contribution is 0.0515. The van der Waals surface area contributed by atoms with E-state index in [1.54, 1.807) is 6.92 Å². The van der Waals surface area contributed by atoms with E-state index in [0.29, 0.717) is 11.5 Å². The number of thioether (sulfide) groups is 1. The molecule has 0 aliphatic rings. The maximum Gasteiger partial charge on any atom is 0.358 e. The van der Waals surface area contributed by atoms with Crippen LogP contribution in [0.5, 0.6) is 5.75 Å². The van der Waals surface area contributed by atoms with Crippen LogP contribution in [0.15, 0.2) is 17.2 Å². The minimum absolute atomic E-state index is 0.0546. The molecule has 1 rings (SSSR count). The molecule has 0 unspecified atom stereocenters. The smallest absolute Gasteiger partial charge is 0.358 e. The van der Waals surface area contributed by atoms with Crippen LogP contribution in [0.25, 0.3) is 0 Å². The van der Waals surface area contributed by atoms with E-state index in [-0.39, 0.29) is 11.4 Å². The summed E-state index contributed by atoms with van der Waals surface area (Å²) in [4.78, 5) is 16.0. The molecule has 0 aromatic carbocycles. The van der Waals surface area contributed by atoms with Crippen molar-refractivity contribution in [2.45, 2.75) is 18.7 Å². The summed E-state index contributed by atoms with van der Waals surface area (Å²) in [6.45, 7) is 4.02. The van der Waals surface area contributed by atoms with Gasteiger partial charge in [-0.3, -0.25) is 0 Å². The highest BCUT2D eigenvalue weighted by molar-refractivity contribution is 7.99. The van der Waals surface area contributed by atoms with Crippen molar-refractivity contribution in [3.05, 3.63) is 18.0 Å². The Hall–Kier alpha value is -1.23. The molecule has 1 aromatic heterocycles. The normalized spacial score (nSPS) is 10.0. The van der Waals surface area contributed by atoms with E-state index in [4.69, 9.17) is 4.74 Å². The number of aromatic hydroxyl groups is 1. The number of aromatic nitrogens is 1. The van der Waals surface area contributed by atoms with Crippen LogP contribution in [0, 0.1) is 0 Å². The second kappa shape index (κ2) is 5.60. The summed E-state index contributed by atoms with van der Waals surface area (Å²) in [5, 5.41) is 9.25. The Bertz CT molecular complexity index is 355. The van der Waals surface area contributed by atoms with Gasteiger partial charge in [0.25, 0.3) is 0 Å². The molecule has 4 nitrogen and oxygen atoms in total. The molecule has 0 saturated heterocycles. The Kier molecular flexibility index (Phi) is 4.42. The van der Waals surface area contributed by atoms with Crippen molar-refractivity contribution in [3.63, 3.8) is 0 Å². The highest BCUT2D eigenvalue weighted by Gasteiger charge is 2.14. The van der Waals surface area contributed by atoms with E-state index in [1.807, 2.05) is 6.92 Å². The third kappa shape index (κ3) is 3.13. The number of carbonyl (C=O) groups is 1. The van der Waals surface area contributed by atoms with E-state index in [1.165, 1.54) is 24.0 Å². The standard InChI is InChI=1S/C10H13NO3S/c1-3-14-10(13)9-8(15-4-2)5-7(12)6-11-9/h5-6,12H,3-4H2,1-2H3. The quantitative estimate of drug-likeness (QED) is 0.630. The molecule has 0 radical (unpaired) electrons. The SMILES string of the molecule is CCOC(=O)c1ncc(O)cc1SCC. The molecule has 0 saturated carbocycles. The van der Waals surface area contributed by atoms with E-state index in [9.17, 15) is 9.90 Å². The molecule has 1 heterocycles. The van der Waals surface area contributed by atoms with Gasteiger partial charge < -0.3 is 9.84 Å². The van der Waals surface area contributed by atoms with Crippen molar-refractivity contribution < 1.29 is 14.6 Å². The van der Waals surface area contributed by atoms with Crippen LogP contribution < -0.4 is 0 Å². The van der Waals surface area contributed by atoms with Crippen molar-refractivity contribution in [2.75, 3.05) is 12.4 Å². The second-order valence-electron chi connectivity index (χ2n) is 2.69. The zero-order valence-corrected chi connectivity index (χ0v) is 9.50. The first-order valence-electron chi connectivity index (χ1n) is 4.68. The number of hydrogen-bond donors (Lipinski definition) is 1. The van der Waals surface area contributed by atoms with Crippen LogP contribution in [0.2, 0.25) is 0 Å². The number of carbonyl (C=O) groups excluding carboxylic acids is 1. The molecule has 15 heavy (non-hydrogen) atoms. The molecular formula is C10H13NO3S. The molecule has 1 aromatic rings. The number of esters is 1. The van der Waals surface area contributed by atoms with Gasteiger partial charge in [-0.15, -0.1) is 11.8 Å². The summed E-state index contributed by atoms with van der Waals surface area (Å²) in [6, 6.07) is 1.52. The maximum atomic E-state index is 11.5. The molecule has 0 amide bonds. The molecule has 82 valence electrons. The van der Waals surface area contributed by atoms with Gasteiger partial charge in [0.2, 0.25) is 0 Å². The summed E-state index contributed by atoms with van der Waals surface area (Å²) >= 11 is 1.45. The van der Waals surface area contributed by atoms with Gasteiger partial charge in [0, 0.05) is 4.90 Å². The fourth-order valence-electron chi connectivity index (χ4n) is 1.05. The van der Waals surface area contributed by atoms with Crippen LogP contribution in [0.1, 0.15) is 24.3 Å². The lowest BCUT2D eigenvalue weighted by Crippen LogP contribution is -2.08. The van der Waals surface area contributed by atoms with Crippen molar-refractivity contribution >= 4 is 17.7 Å². The lowest BCUT2D eigenvalue weighted by atomic mass is 10.3. The minimum Gasteiger partial charge on any atom is -0.506 e. The maximum absolute atomic E-state index is 11.5. The van der Waals surface area contributed by atoms with Crippen LogP contribution in [-0.2, 0) is 4.74 Å². The molecule has 0 aliphatic carbocycles. The molecule has 5 heteroatoms.